The van der Waals surface area contributed by atoms with Gasteiger partial charge in [-0.3, -0.25) is 4.79 Å². The summed E-state index contributed by atoms with van der Waals surface area (Å²) in [6.45, 7) is 2.75. The number of benzene rings is 2. The second-order valence-electron chi connectivity index (χ2n) is 8.73. The molecule has 35 heavy (non-hydrogen) atoms. The van der Waals surface area contributed by atoms with Gasteiger partial charge in [-0.25, -0.2) is 4.79 Å². The Kier molecular flexibility index (Phi) is 9.93. The maximum Gasteiger partial charge on any atom is 0.329 e. The van der Waals surface area contributed by atoms with E-state index in [1.165, 1.54) is 0 Å². The zero-order valence-electron chi connectivity index (χ0n) is 20.9. The highest BCUT2D eigenvalue weighted by Gasteiger charge is 2.35. The normalized spacial score (nSPS) is 17.8. The van der Waals surface area contributed by atoms with Crippen LogP contribution in [-0.2, 0) is 32.1 Å². The van der Waals surface area contributed by atoms with E-state index in [1.807, 2.05) is 37.3 Å². The Morgan fingerprint density at radius 1 is 1.09 bits per heavy atom. The first-order valence-corrected chi connectivity index (χ1v) is 11.9. The molecule has 1 aliphatic heterocycles. The summed E-state index contributed by atoms with van der Waals surface area (Å²) in [5.41, 5.74) is 1.62. The summed E-state index contributed by atoms with van der Waals surface area (Å²) in [5.74, 6) is 0.0000423. The molecule has 3 rings (SSSR count). The highest BCUT2D eigenvalue weighted by Crippen LogP contribution is 2.25. The van der Waals surface area contributed by atoms with Crippen LogP contribution in [0.2, 0.25) is 0 Å². The molecular formula is C27H36N2O6. The highest BCUT2D eigenvalue weighted by molar-refractivity contribution is 5.86. The van der Waals surface area contributed by atoms with Crippen molar-refractivity contribution in [2.24, 2.45) is 5.92 Å². The van der Waals surface area contributed by atoms with Crippen molar-refractivity contribution in [3.63, 3.8) is 0 Å². The van der Waals surface area contributed by atoms with Crippen molar-refractivity contribution in [2.45, 2.75) is 51.0 Å². The molecule has 1 heterocycles. The number of carbonyl (C=O) groups is 2. The molecule has 2 aromatic rings. The maximum atomic E-state index is 13.2. The van der Waals surface area contributed by atoms with Gasteiger partial charge in [0.25, 0.3) is 0 Å². The third-order valence-electron chi connectivity index (χ3n) is 6.42. The molecule has 1 fully saturated rings. The molecule has 8 nitrogen and oxygen atoms in total. The van der Waals surface area contributed by atoms with Crippen molar-refractivity contribution in [3.8, 4) is 11.5 Å². The van der Waals surface area contributed by atoms with Gasteiger partial charge in [0.15, 0.2) is 0 Å². The quantitative estimate of drug-likeness (QED) is 0.447. The van der Waals surface area contributed by atoms with E-state index in [0.717, 1.165) is 24.9 Å². The second-order valence-corrected chi connectivity index (χ2v) is 8.73. The van der Waals surface area contributed by atoms with E-state index in [4.69, 9.17) is 18.9 Å². The number of nitrogens with one attached hydrogen (secondary N) is 2. The molecule has 2 aromatic carbocycles. The van der Waals surface area contributed by atoms with Gasteiger partial charge in [-0.1, -0.05) is 37.3 Å². The van der Waals surface area contributed by atoms with E-state index in [1.54, 1.807) is 39.5 Å². The molecule has 0 aliphatic carbocycles. The summed E-state index contributed by atoms with van der Waals surface area (Å²) >= 11 is 0. The van der Waals surface area contributed by atoms with Gasteiger partial charge in [-0.15, -0.1) is 0 Å². The van der Waals surface area contributed by atoms with Crippen molar-refractivity contribution >= 4 is 11.9 Å². The Hall–Kier alpha value is -3.10. The molecule has 0 unspecified atom stereocenters. The maximum absolute atomic E-state index is 13.2. The fraction of sp³-hybridized carbons (Fsp3) is 0.481. The van der Waals surface area contributed by atoms with Crippen molar-refractivity contribution in [3.05, 3.63) is 59.7 Å². The van der Waals surface area contributed by atoms with Gasteiger partial charge in [0.2, 0.25) is 5.91 Å². The van der Waals surface area contributed by atoms with Gasteiger partial charge >= 0.3 is 5.97 Å². The molecule has 0 aromatic heterocycles. The first-order valence-electron chi connectivity index (χ1n) is 11.9. The Morgan fingerprint density at radius 3 is 2.49 bits per heavy atom. The predicted molar refractivity (Wildman–Crippen MR) is 132 cm³/mol. The largest absolute Gasteiger partial charge is 0.497 e. The smallest absolute Gasteiger partial charge is 0.329 e. The van der Waals surface area contributed by atoms with Gasteiger partial charge in [0.1, 0.15) is 24.1 Å². The summed E-state index contributed by atoms with van der Waals surface area (Å²) in [6, 6.07) is 14.1. The van der Waals surface area contributed by atoms with Crippen LogP contribution in [0.5, 0.6) is 11.5 Å². The van der Waals surface area contributed by atoms with E-state index in [0.29, 0.717) is 23.5 Å². The zero-order chi connectivity index (χ0) is 25.2. The minimum Gasteiger partial charge on any atom is -0.497 e. The van der Waals surface area contributed by atoms with E-state index >= 15 is 0 Å². The highest BCUT2D eigenvalue weighted by atomic mass is 16.5. The Bertz CT molecular complexity index is 961. The molecule has 0 spiro atoms. The van der Waals surface area contributed by atoms with Gasteiger partial charge in [0.05, 0.1) is 26.2 Å². The topological polar surface area (TPSA) is 95.1 Å². The van der Waals surface area contributed by atoms with Gasteiger partial charge < -0.3 is 29.6 Å². The number of hydrogen-bond donors (Lipinski definition) is 2. The van der Waals surface area contributed by atoms with Crippen LogP contribution in [-0.4, -0.2) is 57.9 Å². The molecule has 190 valence electrons. The van der Waals surface area contributed by atoms with Crippen molar-refractivity contribution in [1.82, 2.24) is 10.6 Å². The fourth-order valence-corrected chi connectivity index (χ4v) is 4.42. The van der Waals surface area contributed by atoms with Gasteiger partial charge in [-0.2, -0.15) is 0 Å². The van der Waals surface area contributed by atoms with Crippen molar-refractivity contribution < 1.29 is 28.5 Å². The SMILES string of the molecule is COc1ccc(COC(=O)[C@H](Cc2ccccc2)NC(=O)[C@H](C)[C@@H](OC)[C@@H]2CCCN2)c(OC)c1. The van der Waals surface area contributed by atoms with Crippen LogP contribution in [0.1, 0.15) is 30.9 Å². The lowest BCUT2D eigenvalue weighted by molar-refractivity contribution is -0.150. The first-order chi connectivity index (χ1) is 17.0. The molecule has 1 saturated heterocycles. The minimum atomic E-state index is -0.842. The number of ether oxygens (including phenoxy) is 4. The molecule has 1 aliphatic rings. The molecule has 0 radical (unpaired) electrons. The van der Waals surface area contributed by atoms with Crippen LogP contribution in [0.4, 0.5) is 0 Å². The molecule has 0 saturated carbocycles. The third kappa shape index (κ3) is 7.19. The van der Waals surface area contributed by atoms with Gasteiger partial charge in [0, 0.05) is 31.2 Å². The van der Waals surface area contributed by atoms with Crippen LogP contribution in [0.15, 0.2) is 48.5 Å². The third-order valence-corrected chi connectivity index (χ3v) is 6.42. The molecule has 2 N–H and O–H groups in total. The standard InChI is InChI=1S/C27H36N2O6/c1-18(25(34-4)22-11-8-14-28-22)26(30)29-23(15-19-9-6-5-7-10-19)27(31)35-17-20-12-13-21(32-2)16-24(20)33-3/h5-7,9-10,12-13,16,18,22-23,25,28H,8,11,14-15,17H2,1-4H3,(H,29,30)/t18-,22+,23+,25-/m1/s1. The van der Waals surface area contributed by atoms with Crippen LogP contribution in [0.25, 0.3) is 0 Å². The summed E-state index contributed by atoms with van der Waals surface area (Å²) < 4.78 is 21.9. The van der Waals surface area contributed by atoms with Crippen LogP contribution >= 0.6 is 0 Å². The predicted octanol–water partition coefficient (Wildman–Crippen LogP) is 2.88. The van der Waals surface area contributed by atoms with Crippen LogP contribution in [0.3, 0.4) is 0 Å². The average molecular weight is 485 g/mol. The summed E-state index contributed by atoms with van der Waals surface area (Å²) in [4.78, 5) is 26.3. The number of methoxy groups -OCH3 is 3. The number of carbonyl (C=O) groups excluding carboxylic acids is 2. The molecule has 4 atom stereocenters. The molecule has 0 bridgehead atoms. The summed E-state index contributed by atoms with van der Waals surface area (Å²) in [5, 5.41) is 6.31. The Labute approximate surface area is 207 Å². The summed E-state index contributed by atoms with van der Waals surface area (Å²) in [7, 11) is 4.74. The number of amides is 1. The average Bonchev–Trinajstić information content (AvgIpc) is 3.42. The lowest BCUT2D eigenvalue weighted by Crippen LogP contribution is -2.51. The lowest BCUT2D eigenvalue weighted by Gasteiger charge is -2.29. The minimum absolute atomic E-state index is 0.00933. The summed E-state index contributed by atoms with van der Waals surface area (Å²) in [6.07, 6.45) is 2.04. The number of hydrogen-bond acceptors (Lipinski definition) is 7. The fourth-order valence-electron chi connectivity index (χ4n) is 4.42. The first kappa shape index (κ1) is 26.5. The Morgan fingerprint density at radius 2 is 1.86 bits per heavy atom. The zero-order valence-corrected chi connectivity index (χ0v) is 20.9. The number of esters is 1. The van der Waals surface area contributed by atoms with Gasteiger partial charge in [-0.05, 0) is 37.1 Å². The molecule has 8 heteroatoms. The Balaban J connectivity index is 1.71. The number of rotatable bonds is 12. The van der Waals surface area contributed by atoms with Crippen molar-refractivity contribution in [1.29, 1.82) is 0 Å². The molecular weight excluding hydrogens is 448 g/mol. The van der Waals surface area contributed by atoms with Crippen LogP contribution in [0, 0.1) is 5.92 Å². The van der Waals surface area contributed by atoms with E-state index < -0.39 is 17.9 Å². The van der Waals surface area contributed by atoms with E-state index in [-0.39, 0.29) is 24.7 Å². The second kappa shape index (κ2) is 13.1. The molecule has 1 amide bonds. The van der Waals surface area contributed by atoms with Crippen molar-refractivity contribution in [2.75, 3.05) is 27.9 Å². The monoisotopic (exact) mass is 484 g/mol. The van der Waals surface area contributed by atoms with Crippen LogP contribution < -0.4 is 20.1 Å². The van der Waals surface area contributed by atoms with E-state index in [9.17, 15) is 9.59 Å². The van der Waals surface area contributed by atoms with E-state index in [2.05, 4.69) is 10.6 Å². The lowest BCUT2D eigenvalue weighted by atomic mass is 9.95.